The first-order chi connectivity index (χ1) is 8.16. The fraction of sp³-hybridized carbons (Fsp3) is 0.417. The van der Waals surface area contributed by atoms with E-state index in [9.17, 15) is 4.79 Å². The smallest absolute Gasteiger partial charge is 0.254 e. The monoisotopic (exact) mass is 230 g/mol. The maximum Gasteiger partial charge on any atom is 0.254 e. The Kier molecular flexibility index (Phi) is 2.14. The fourth-order valence-corrected chi connectivity index (χ4v) is 2.23. The zero-order valence-corrected chi connectivity index (χ0v) is 9.68. The average molecular weight is 230 g/mol. The maximum absolute atomic E-state index is 12.0. The molecule has 0 aromatic carbocycles. The summed E-state index contributed by atoms with van der Waals surface area (Å²) in [6.45, 7) is 1.82. The molecule has 1 saturated carbocycles. The first-order valence-corrected chi connectivity index (χ1v) is 5.81. The van der Waals surface area contributed by atoms with E-state index < -0.39 is 0 Å². The van der Waals surface area contributed by atoms with Crippen molar-refractivity contribution in [2.45, 2.75) is 32.2 Å². The molecular formula is C12H14N4O. The molecule has 88 valence electrons. The van der Waals surface area contributed by atoms with Crippen LogP contribution in [0.4, 0.5) is 5.69 Å². The average Bonchev–Trinajstić information content (AvgIpc) is 2.20. The number of fused-ring (bicyclic) bond motifs is 1. The third kappa shape index (κ3) is 1.50. The van der Waals surface area contributed by atoms with Crippen LogP contribution in [0.3, 0.4) is 0 Å². The number of aryl methyl sites for hydroxylation is 1. The van der Waals surface area contributed by atoms with Crippen LogP contribution in [-0.2, 0) is 0 Å². The Morgan fingerprint density at radius 2 is 2.24 bits per heavy atom. The normalized spacial score (nSPS) is 16.1. The van der Waals surface area contributed by atoms with Gasteiger partial charge in [-0.15, -0.1) is 0 Å². The molecule has 0 aliphatic heterocycles. The van der Waals surface area contributed by atoms with Gasteiger partial charge in [0, 0.05) is 24.0 Å². The third-order valence-electron chi connectivity index (χ3n) is 3.38. The molecule has 2 aromatic rings. The van der Waals surface area contributed by atoms with Gasteiger partial charge >= 0.3 is 0 Å². The zero-order chi connectivity index (χ0) is 12.0. The Morgan fingerprint density at radius 3 is 2.88 bits per heavy atom. The molecule has 0 saturated heterocycles. The van der Waals surface area contributed by atoms with Gasteiger partial charge < -0.3 is 5.73 Å². The van der Waals surface area contributed by atoms with Crippen LogP contribution in [0.5, 0.6) is 0 Å². The van der Waals surface area contributed by atoms with Crippen LogP contribution in [-0.4, -0.2) is 14.5 Å². The summed E-state index contributed by atoms with van der Waals surface area (Å²) in [5.74, 6) is 0.663. The molecule has 0 atom stereocenters. The number of nitrogens with zero attached hydrogens (tertiary/aromatic N) is 3. The lowest BCUT2D eigenvalue weighted by atomic mass is 9.92. The highest BCUT2D eigenvalue weighted by Gasteiger charge is 2.23. The zero-order valence-electron chi connectivity index (χ0n) is 9.68. The van der Waals surface area contributed by atoms with Crippen LogP contribution in [0.2, 0.25) is 0 Å². The van der Waals surface area contributed by atoms with E-state index in [2.05, 4.69) is 9.97 Å². The SMILES string of the molecule is Cc1ncc2c(N)cc(=O)n(C3CCC3)c2n1. The molecule has 2 N–H and O–H groups in total. The van der Waals surface area contributed by atoms with Crippen molar-refractivity contribution in [3.05, 3.63) is 28.4 Å². The number of rotatable bonds is 1. The topological polar surface area (TPSA) is 73.8 Å². The quantitative estimate of drug-likeness (QED) is 0.803. The second kappa shape index (κ2) is 3.55. The van der Waals surface area contributed by atoms with Crippen molar-refractivity contribution in [1.82, 2.24) is 14.5 Å². The van der Waals surface area contributed by atoms with Gasteiger partial charge in [0.1, 0.15) is 11.5 Å². The summed E-state index contributed by atoms with van der Waals surface area (Å²) in [5.41, 5.74) is 6.92. The lowest BCUT2D eigenvalue weighted by Crippen LogP contribution is -2.29. The fourth-order valence-electron chi connectivity index (χ4n) is 2.23. The summed E-state index contributed by atoms with van der Waals surface area (Å²) in [5, 5.41) is 0.766. The molecule has 1 aliphatic rings. The van der Waals surface area contributed by atoms with Crippen molar-refractivity contribution in [2.75, 3.05) is 5.73 Å². The van der Waals surface area contributed by atoms with Crippen LogP contribution in [0.25, 0.3) is 11.0 Å². The van der Waals surface area contributed by atoms with E-state index in [4.69, 9.17) is 5.73 Å². The molecule has 1 fully saturated rings. The van der Waals surface area contributed by atoms with E-state index in [0.717, 1.165) is 18.2 Å². The number of hydrogen-bond acceptors (Lipinski definition) is 4. The molecule has 1 aliphatic carbocycles. The highest BCUT2D eigenvalue weighted by Crippen LogP contribution is 2.32. The summed E-state index contributed by atoms with van der Waals surface area (Å²) in [6.07, 6.45) is 4.96. The van der Waals surface area contributed by atoms with Crippen LogP contribution >= 0.6 is 0 Å². The minimum absolute atomic E-state index is 0.0576. The molecule has 0 bridgehead atoms. The minimum Gasteiger partial charge on any atom is -0.398 e. The highest BCUT2D eigenvalue weighted by molar-refractivity contribution is 5.86. The second-order valence-electron chi connectivity index (χ2n) is 4.55. The molecule has 3 rings (SSSR count). The maximum atomic E-state index is 12.0. The van der Waals surface area contributed by atoms with Gasteiger partial charge in [0.05, 0.1) is 5.39 Å². The molecule has 0 unspecified atom stereocenters. The van der Waals surface area contributed by atoms with E-state index in [1.54, 1.807) is 10.8 Å². The summed E-state index contributed by atoms with van der Waals surface area (Å²) in [7, 11) is 0. The Bertz CT molecular complexity index is 643. The number of pyridine rings is 1. The second-order valence-corrected chi connectivity index (χ2v) is 4.55. The summed E-state index contributed by atoms with van der Waals surface area (Å²) in [6, 6.07) is 1.75. The van der Waals surface area contributed by atoms with Crippen LogP contribution in [0, 0.1) is 6.92 Å². The number of anilines is 1. The number of nitrogens with two attached hydrogens (primary N) is 1. The third-order valence-corrected chi connectivity index (χ3v) is 3.38. The van der Waals surface area contributed by atoms with E-state index in [-0.39, 0.29) is 11.6 Å². The number of nitrogen functional groups attached to an aromatic ring is 1. The first-order valence-electron chi connectivity index (χ1n) is 5.81. The standard InChI is InChI=1S/C12H14N4O/c1-7-14-6-9-10(13)5-11(17)16(12(9)15-7)8-3-2-4-8/h5-6,8H,2-4,13H2,1H3. The summed E-state index contributed by atoms with van der Waals surface area (Å²) in [4.78, 5) is 20.5. The molecule has 17 heavy (non-hydrogen) atoms. The first kappa shape index (κ1) is 10.3. The molecule has 2 aromatic heterocycles. The molecule has 0 radical (unpaired) electrons. The van der Waals surface area contributed by atoms with E-state index >= 15 is 0 Å². The van der Waals surface area contributed by atoms with Gasteiger partial charge in [-0.05, 0) is 26.2 Å². The van der Waals surface area contributed by atoms with Gasteiger partial charge in [0.25, 0.3) is 5.56 Å². The van der Waals surface area contributed by atoms with Crippen molar-refractivity contribution in [3.63, 3.8) is 0 Å². The predicted molar refractivity (Wildman–Crippen MR) is 65.8 cm³/mol. The van der Waals surface area contributed by atoms with Gasteiger partial charge in [-0.2, -0.15) is 0 Å². The van der Waals surface area contributed by atoms with E-state index in [0.29, 0.717) is 17.2 Å². The summed E-state index contributed by atoms with van der Waals surface area (Å²) >= 11 is 0. The molecule has 5 nitrogen and oxygen atoms in total. The highest BCUT2D eigenvalue weighted by atomic mass is 16.1. The van der Waals surface area contributed by atoms with Crippen molar-refractivity contribution in [1.29, 1.82) is 0 Å². The van der Waals surface area contributed by atoms with Crippen molar-refractivity contribution in [2.24, 2.45) is 0 Å². The van der Waals surface area contributed by atoms with Gasteiger partial charge in [-0.25, -0.2) is 9.97 Å². The number of aromatic nitrogens is 3. The van der Waals surface area contributed by atoms with Crippen LogP contribution in [0.1, 0.15) is 31.1 Å². The Labute approximate surface area is 98.3 Å². The molecule has 0 amide bonds. The van der Waals surface area contributed by atoms with Crippen molar-refractivity contribution >= 4 is 16.7 Å². The molecule has 2 heterocycles. The molecular weight excluding hydrogens is 216 g/mol. The predicted octanol–water partition coefficient (Wildman–Crippen LogP) is 1.41. The van der Waals surface area contributed by atoms with E-state index in [1.165, 1.54) is 12.5 Å². The largest absolute Gasteiger partial charge is 0.398 e. The van der Waals surface area contributed by atoms with Crippen LogP contribution in [0.15, 0.2) is 17.1 Å². The summed E-state index contributed by atoms with van der Waals surface area (Å²) < 4.78 is 1.77. The van der Waals surface area contributed by atoms with Gasteiger partial charge in [-0.3, -0.25) is 9.36 Å². The molecule has 0 spiro atoms. The molecule has 5 heteroatoms. The van der Waals surface area contributed by atoms with Gasteiger partial charge in [0.15, 0.2) is 0 Å². The van der Waals surface area contributed by atoms with Crippen LogP contribution < -0.4 is 11.3 Å². The Balaban J connectivity index is 2.38. The van der Waals surface area contributed by atoms with Crippen molar-refractivity contribution in [3.8, 4) is 0 Å². The Hall–Kier alpha value is -1.91. The Morgan fingerprint density at radius 1 is 1.47 bits per heavy atom. The lowest BCUT2D eigenvalue weighted by Gasteiger charge is -2.28. The number of hydrogen-bond donors (Lipinski definition) is 1. The van der Waals surface area contributed by atoms with Gasteiger partial charge in [0.2, 0.25) is 0 Å². The minimum atomic E-state index is -0.0576. The van der Waals surface area contributed by atoms with Crippen molar-refractivity contribution < 1.29 is 0 Å². The lowest BCUT2D eigenvalue weighted by molar-refractivity contribution is 0.313. The van der Waals surface area contributed by atoms with Gasteiger partial charge in [-0.1, -0.05) is 0 Å². The van der Waals surface area contributed by atoms with E-state index in [1.807, 2.05) is 6.92 Å².